The first-order valence-electron chi connectivity index (χ1n) is 8.22. The third kappa shape index (κ3) is 3.88. The third-order valence-corrected chi connectivity index (χ3v) is 4.30. The zero-order valence-electron chi connectivity index (χ0n) is 14.1. The molecule has 0 aliphatic carbocycles. The van der Waals surface area contributed by atoms with Crippen LogP contribution < -0.4 is 5.32 Å². The van der Waals surface area contributed by atoms with E-state index in [-0.39, 0.29) is 0 Å². The van der Waals surface area contributed by atoms with Gasteiger partial charge in [-0.15, -0.1) is 0 Å². The number of nitrogens with one attached hydrogen (secondary N) is 1. The fourth-order valence-electron chi connectivity index (χ4n) is 3.00. The molecule has 0 bridgehead atoms. The van der Waals surface area contributed by atoms with E-state index in [0.29, 0.717) is 5.92 Å². The first-order valence-corrected chi connectivity index (χ1v) is 8.22. The standard InChI is InChI=1S/C17H24N4O2/c1-11-15(12(2)23-21-11)5-4-7-18-17-9-16(19-13(3)20-17)14-6-8-22-10-14/h9,14H,4-8,10H2,1-3H3,(H,18,19,20). The summed E-state index contributed by atoms with van der Waals surface area (Å²) in [6, 6.07) is 2.06. The maximum Gasteiger partial charge on any atom is 0.137 e. The minimum absolute atomic E-state index is 0.402. The lowest BCUT2D eigenvalue weighted by Gasteiger charge is -2.11. The van der Waals surface area contributed by atoms with E-state index in [2.05, 4.69) is 26.5 Å². The molecular formula is C17H24N4O2. The molecule has 1 fully saturated rings. The summed E-state index contributed by atoms with van der Waals surface area (Å²) in [6.07, 6.45) is 3.01. The van der Waals surface area contributed by atoms with Crippen LogP contribution in [0.15, 0.2) is 10.6 Å². The first kappa shape index (κ1) is 15.9. The lowest BCUT2D eigenvalue weighted by molar-refractivity contribution is 0.193. The minimum atomic E-state index is 0.402. The highest BCUT2D eigenvalue weighted by molar-refractivity contribution is 5.37. The monoisotopic (exact) mass is 316 g/mol. The molecule has 1 saturated heterocycles. The zero-order valence-corrected chi connectivity index (χ0v) is 14.1. The zero-order chi connectivity index (χ0) is 16.2. The van der Waals surface area contributed by atoms with Crippen LogP contribution in [0.4, 0.5) is 5.82 Å². The van der Waals surface area contributed by atoms with Crippen molar-refractivity contribution in [3.63, 3.8) is 0 Å². The fourth-order valence-corrected chi connectivity index (χ4v) is 3.00. The Labute approximate surface area is 136 Å². The number of ether oxygens (including phenoxy) is 1. The molecule has 23 heavy (non-hydrogen) atoms. The van der Waals surface area contributed by atoms with Gasteiger partial charge >= 0.3 is 0 Å². The van der Waals surface area contributed by atoms with Crippen LogP contribution in [-0.2, 0) is 11.2 Å². The van der Waals surface area contributed by atoms with Crippen molar-refractivity contribution in [1.82, 2.24) is 15.1 Å². The van der Waals surface area contributed by atoms with E-state index in [4.69, 9.17) is 9.26 Å². The molecule has 6 nitrogen and oxygen atoms in total. The van der Waals surface area contributed by atoms with E-state index >= 15 is 0 Å². The number of rotatable bonds is 6. The van der Waals surface area contributed by atoms with Crippen molar-refractivity contribution < 1.29 is 9.26 Å². The average molecular weight is 316 g/mol. The van der Waals surface area contributed by atoms with Crippen LogP contribution in [0.2, 0.25) is 0 Å². The molecule has 124 valence electrons. The highest BCUT2D eigenvalue weighted by Gasteiger charge is 2.20. The van der Waals surface area contributed by atoms with E-state index in [1.807, 2.05) is 20.8 Å². The summed E-state index contributed by atoms with van der Waals surface area (Å²) < 4.78 is 10.7. The number of hydrogen-bond acceptors (Lipinski definition) is 6. The molecule has 1 unspecified atom stereocenters. The van der Waals surface area contributed by atoms with Gasteiger partial charge in [-0.3, -0.25) is 0 Å². The number of nitrogens with zero attached hydrogens (tertiary/aromatic N) is 3. The van der Waals surface area contributed by atoms with Gasteiger partial charge in [0.05, 0.1) is 18.0 Å². The van der Waals surface area contributed by atoms with E-state index in [9.17, 15) is 0 Å². The van der Waals surface area contributed by atoms with Crippen LogP contribution in [-0.4, -0.2) is 34.9 Å². The molecule has 1 aliphatic heterocycles. The van der Waals surface area contributed by atoms with Crippen molar-refractivity contribution in [1.29, 1.82) is 0 Å². The van der Waals surface area contributed by atoms with E-state index < -0.39 is 0 Å². The van der Waals surface area contributed by atoms with Gasteiger partial charge in [0.25, 0.3) is 0 Å². The van der Waals surface area contributed by atoms with E-state index in [1.54, 1.807) is 0 Å². The van der Waals surface area contributed by atoms with Crippen LogP contribution in [0.3, 0.4) is 0 Å². The Morgan fingerprint density at radius 2 is 2.13 bits per heavy atom. The fraction of sp³-hybridized carbons (Fsp3) is 0.588. The van der Waals surface area contributed by atoms with Gasteiger partial charge in [0, 0.05) is 30.7 Å². The molecule has 0 amide bonds. The summed E-state index contributed by atoms with van der Waals surface area (Å²) in [4.78, 5) is 9.04. The number of anilines is 1. The van der Waals surface area contributed by atoms with Gasteiger partial charge in [0.2, 0.25) is 0 Å². The van der Waals surface area contributed by atoms with E-state index in [1.165, 1.54) is 5.56 Å². The SMILES string of the molecule is Cc1nc(NCCCc2c(C)noc2C)cc(C2CCOC2)n1. The molecule has 3 heterocycles. The lowest BCUT2D eigenvalue weighted by atomic mass is 10.0. The predicted molar refractivity (Wildman–Crippen MR) is 87.7 cm³/mol. The minimum Gasteiger partial charge on any atom is -0.381 e. The Morgan fingerprint density at radius 1 is 1.26 bits per heavy atom. The Bertz CT molecular complexity index is 643. The molecule has 0 aromatic carbocycles. The summed E-state index contributed by atoms with van der Waals surface area (Å²) in [5, 5.41) is 7.40. The second-order valence-corrected chi connectivity index (χ2v) is 6.12. The van der Waals surface area contributed by atoms with E-state index in [0.717, 1.165) is 67.8 Å². The molecule has 1 atom stereocenters. The van der Waals surface area contributed by atoms with Crippen LogP contribution in [0.5, 0.6) is 0 Å². The summed E-state index contributed by atoms with van der Waals surface area (Å²) in [7, 11) is 0. The van der Waals surface area contributed by atoms with Gasteiger partial charge in [-0.2, -0.15) is 0 Å². The van der Waals surface area contributed by atoms with Crippen LogP contribution >= 0.6 is 0 Å². The predicted octanol–water partition coefficient (Wildman–Crippen LogP) is 2.94. The quantitative estimate of drug-likeness (QED) is 0.826. The summed E-state index contributed by atoms with van der Waals surface area (Å²) in [6.45, 7) is 8.35. The molecule has 3 rings (SSSR count). The number of aromatic nitrogens is 3. The highest BCUT2D eigenvalue weighted by Crippen LogP contribution is 2.25. The van der Waals surface area contributed by atoms with Gasteiger partial charge in [0.1, 0.15) is 17.4 Å². The lowest BCUT2D eigenvalue weighted by Crippen LogP contribution is -2.09. The maximum atomic E-state index is 5.46. The van der Waals surface area contributed by atoms with Gasteiger partial charge < -0.3 is 14.6 Å². The van der Waals surface area contributed by atoms with Crippen molar-refractivity contribution in [2.45, 2.75) is 46.0 Å². The van der Waals surface area contributed by atoms with Crippen LogP contribution in [0, 0.1) is 20.8 Å². The summed E-state index contributed by atoms with van der Waals surface area (Å²) in [5.74, 6) is 3.03. The van der Waals surface area contributed by atoms with Crippen molar-refractivity contribution in [2.75, 3.05) is 25.1 Å². The maximum absolute atomic E-state index is 5.46. The molecular weight excluding hydrogens is 292 g/mol. The van der Waals surface area contributed by atoms with Crippen molar-refractivity contribution in [2.24, 2.45) is 0 Å². The third-order valence-electron chi connectivity index (χ3n) is 4.30. The molecule has 6 heteroatoms. The Hall–Kier alpha value is -1.95. The molecule has 2 aromatic rings. The largest absolute Gasteiger partial charge is 0.381 e. The molecule has 1 N–H and O–H groups in total. The second-order valence-electron chi connectivity index (χ2n) is 6.12. The summed E-state index contributed by atoms with van der Waals surface area (Å²) >= 11 is 0. The highest BCUT2D eigenvalue weighted by atomic mass is 16.5. The van der Waals surface area contributed by atoms with Crippen LogP contribution in [0.1, 0.15) is 47.3 Å². The van der Waals surface area contributed by atoms with Crippen molar-refractivity contribution in [3.05, 3.63) is 34.6 Å². The molecule has 0 saturated carbocycles. The first-order chi connectivity index (χ1) is 11.1. The number of hydrogen-bond donors (Lipinski definition) is 1. The second kappa shape index (κ2) is 7.08. The number of aryl methyl sites for hydroxylation is 3. The Morgan fingerprint density at radius 3 is 2.83 bits per heavy atom. The van der Waals surface area contributed by atoms with Crippen LogP contribution in [0.25, 0.3) is 0 Å². The van der Waals surface area contributed by atoms with Crippen molar-refractivity contribution >= 4 is 5.82 Å². The molecule has 0 spiro atoms. The van der Waals surface area contributed by atoms with Gasteiger partial charge in [-0.1, -0.05) is 5.16 Å². The topological polar surface area (TPSA) is 73.1 Å². The smallest absolute Gasteiger partial charge is 0.137 e. The summed E-state index contributed by atoms with van der Waals surface area (Å²) in [5.41, 5.74) is 3.29. The van der Waals surface area contributed by atoms with Gasteiger partial charge in [-0.25, -0.2) is 9.97 Å². The molecule has 2 aromatic heterocycles. The molecule has 0 radical (unpaired) electrons. The average Bonchev–Trinajstić information content (AvgIpc) is 3.15. The Balaban J connectivity index is 1.55. The Kier molecular flexibility index (Phi) is 4.91. The normalized spacial score (nSPS) is 17.6. The molecule has 1 aliphatic rings. The van der Waals surface area contributed by atoms with Gasteiger partial charge in [-0.05, 0) is 40.0 Å². The van der Waals surface area contributed by atoms with Gasteiger partial charge in [0.15, 0.2) is 0 Å². The van der Waals surface area contributed by atoms with Crippen molar-refractivity contribution in [3.8, 4) is 0 Å².